The monoisotopic (exact) mass is 261 g/mol. The van der Waals surface area contributed by atoms with Gasteiger partial charge in [-0.25, -0.2) is 4.98 Å². The Hall–Kier alpha value is -1.42. The number of ketones is 1. The molecule has 0 bridgehead atoms. The molecule has 2 aromatic rings. The fraction of sp³-hybridized carbons (Fsp3) is 0.429. The fourth-order valence-corrected chi connectivity index (χ4v) is 3.33. The normalized spacial score (nSPS) is 17.3. The molecule has 1 saturated carbocycles. The van der Waals surface area contributed by atoms with E-state index in [1.165, 1.54) is 0 Å². The van der Waals surface area contributed by atoms with E-state index in [0.717, 1.165) is 35.1 Å². The lowest BCUT2D eigenvalue weighted by Crippen LogP contribution is -2.12. The standard InChI is InChI=1S/C14H15NO2S/c1-9-2-7-13(17-9)12-8-18-14(15-12)10-3-5-11(16)6-4-10/h2,7-8,10H,3-6H2,1H3. The van der Waals surface area contributed by atoms with Gasteiger partial charge in [-0.1, -0.05) is 0 Å². The maximum absolute atomic E-state index is 11.2. The van der Waals surface area contributed by atoms with Crippen molar-refractivity contribution in [1.82, 2.24) is 4.98 Å². The van der Waals surface area contributed by atoms with Crippen molar-refractivity contribution in [1.29, 1.82) is 0 Å². The summed E-state index contributed by atoms with van der Waals surface area (Å²) in [4.78, 5) is 15.9. The molecule has 2 aromatic heterocycles. The van der Waals surface area contributed by atoms with E-state index in [2.05, 4.69) is 4.98 Å². The van der Waals surface area contributed by atoms with Gasteiger partial charge >= 0.3 is 0 Å². The Morgan fingerprint density at radius 2 is 2.11 bits per heavy atom. The smallest absolute Gasteiger partial charge is 0.153 e. The zero-order valence-electron chi connectivity index (χ0n) is 10.3. The highest BCUT2D eigenvalue weighted by molar-refractivity contribution is 7.10. The second-order valence-electron chi connectivity index (χ2n) is 4.79. The van der Waals surface area contributed by atoms with Gasteiger partial charge in [0.05, 0.1) is 5.01 Å². The highest BCUT2D eigenvalue weighted by atomic mass is 32.1. The maximum atomic E-state index is 11.2. The predicted octanol–water partition coefficient (Wildman–Crippen LogP) is 3.94. The highest BCUT2D eigenvalue weighted by Gasteiger charge is 2.23. The van der Waals surface area contributed by atoms with Gasteiger partial charge < -0.3 is 4.42 Å². The van der Waals surface area contributed by atoms with Gasteiger partial charge in [0.2, 0.25) is 0 Å². The summed E-state index contributed by atoms with van der Waals surface area (Å²) >= 11 is 1.68. The van der Waals surface area contributed by atoms with Crippen molar-refractivity contribution < 1.29 is 9.21 Å². The van der Waals surface area contributed by atoms with Crippen LogP contribution in [0.3, 0.4) is 0 Å². The van der Waals surface area contributed by atoms with E-state index in [4.69, 9.17) is 4.42 Å². The van der Waals surface area contributed by atoms with Crippen LogP contribution in [-0.2, 0) is 4.79 Å². The van der Waals surface area contributed by atoms with Crippen molar-refractivity contribution in [2.45, 2.75) is 38.5 Å². The minimum atomic E-state index is 0.393. The minimum absolute atomic E-state index is 0.393. The van der Waals surface area contributed by atoms with Crippen molar-refractivity contribution in [2.24, 2.45) is 0 Å². The summed E-state index contributed by atoms with van der Waals surface area (Å²) in [6.45, 7) is 1.93. The molecule has 1 aliphatic carbocycles. The first-order valence-corrected chi connectivity index (χ1v) is 7.14. The Balaban J connectivity index is 1.79. The number of thiazole rings is 1. The third-order valence-corrected chi connectivity index (χ3v) is 4.41. The number of furan rings is 1. The van der Waals surface area contributed by atoms with E-state index in [0.29, 0.717) is 24.5 Å². The maximum Gasteiger partial charge on any atom is 0.153 e. The van der Waals surface area contributed by atoms with Crippen LogP contribution in [0.25, 0.3) is 11.5 Å². The molecule has 0 N–H and O–H groups in total. The molecule has 4 heteroatoms. The van der Waals surface area contributed by atoms with Gasteiger partial charge in [-0.2, -0.15) is 0 Å². The van der Waals surface area contributed by atoms with Gasteiger partial charge in [0.15, 0.2) is 5.76 Å². The average Bonchev–Trinajstić information content (AvgIpc) is 2.98. The summed E-state index contributed by atoms with van der Waals surface area (Å²) in [6, 6.07) is 3.91. The molecule has 0 amide bonds. The number of nitrogens with zero attached hydrogens (tertiary/aromatic N) is 1. The van der Waals surface area contributed by atoms with Crippen LogP contribution in [0, 0.1) is 6.92 Å². The topological polar surface area (TPSA) is 43.1 Å². The van der Waals surface area contributed by atoms with Crippen LogP contribution in [0.2, 0.25) is 0 Å². The molecule has 0 atom stereocenters. The number of carbonyl (C=O) groups excluding carboxylic acids is 1. The number of rotatable bonds is 2. The quantitative estimate of drug-likeness (QED) is 0.822. The van der Waals surface area contributed by atoms with E-state index in [-0.39, 0.29) is 0 Å². The van der Waals surface area contributed by atoms with E-state index >= 15 is 0 Å². The second kappa shape index (κ2) is 4.69. The van der Waals surface area contributed by atoms with E-state index in [1.807, 2.05) is 24.4 Å². The van der Waals surface area contributed by atoms with Gasteiger partial charge in [-0.05, 0) is 31.9 Å². The average molecular weight is 261 g/mol. The van der Waals surface area contributed by atoms with E-state index in [9.17, 15) is 4.79 Å². The van der Waals surface area contributed by atoms with Crippen molar-refractivity contribution in [2.75, 3.05) is 0 Å². The van der Waals surface area contributed by atoms with Gasteiger partial charge in [-0.15, -0.1) is 11.3 Å². The van der Waals surface area contributed by atoms with Crippen molar-refractivity contribution in [3.05, 3.63) is 28.3 Å². The SMILES string of the molecule is Cc1ccc(-c2csc(C3CCC(=O)CC3)n2)o1. The Morgan fingerprint density at radius 3 is 2.78 bits per heavy atom. The molecule has 0 saturated heterocycles. The zero-order valence-corrected chi connectivity index (χ0v) is 11.1. The van der Waals surface area contributed by atoms with Gasteiger partial charge in [0, 0.05) is 24.1 Å². The number of hydrogen-bond donors (Lipinski definition) is 0. The molecule has 3 rings (SSSR count). The van der Waals surface area contributed by atoms with Crippen molar-refractivity contribution in [3.63, 3.8) is 0 Å². The fourth-order valence-electron chi connectivity index (χ4n) is 2.35. The molecule has 0 radical (unpaired) electrons. The van der Waals surface area contributed by atoms with Gasteiger partial charge in [-0.3, -0.25) is 4.79 Å². The second-order valence-corrected chi connectivity index (χ2v) is 5.68. The molecular formula is C14H15NO2S. The van der Waals surface area contributed by atoms with Crippen LogP contribution in [0.15, 0.2) is 21.9 Å². The molecule has 0 aliphatic heterocycles. The molecular weight excluding hydrogens is 246 g/mol. The third-order valence-electron chi connectivity index (χ3n) is 3.41. The lowest BCUT2D eigenvalue weighted by molar-refractivity contribution is -0.120. The Morgan fingerprint density at radius 1 is 1.33 bits per heavy atom. The summed E-state index contributed by atoms with van der Waals surface area (Å²) in [6.07, 6.45) is 3.31. The first-order chi connectivity index (χ1) is 8.72. The minimum Gasteiger partial charge on any atom is -0.460 e. The van der Waals surface area contributed by atoms with Crippen molar-refractivity contribution >= 4 is 17.1 Å². The number of carbonyl (C=O) groups is 1. The van der Waals surface area contributed by atoms with Crippen LogP contribution in [0.1, 0.15) is 42.4 Å². The van der Waals surface area contributed by atoms with E-state index < -0.39 is 0 Å². The van der Waals surface area contributed by atoms with Crippen LogP contribution >= 0.6 is 11.3 Å². The van der Waals surface area contributed by atoms with Crippen LogP contribution in [0.5, 0.6) is 0 Å². The molecule has 94 valence electrons. The first kappa shape index (κ1) is 11.7. The number of aromatic nitrogens is 1. The number of hydrogen-bond acceptors (Lipinski definition) is 4. The first-order valence-electron chi connectivity index (χ1n) is 6.26. The lowest BCUT2D eigenvalue weighted by Gasteiger charge is -2.18. The van der Waals surface area contributed by atoms with Gasteiger partial charge in [0.25, 0.3) is 0 Å². The zero-order chi connectivity index (χ0) is 12.5. The third kappa shape index (κ3) is 2.25. The molecule has 0 unspecified atom stereocenters. The highest BCUT2D eigenvalue weighted by Crippen LogP contribution is 2.35. The molecule has 2 heterocycles. The largest absolute Gasteiger partial charge is 0.460 e. The Bertz CT molecular complexity index is 560. The number of aryl methyl sites for hydroxylation is 1. The Kier molecular flexibility index (Phi) is 3.04. The van der Waals surface area contributed by atoms with Crippen LogP contribution < -0.4 is 0 Å². The van der Waals surface area contributed by atoms with E-state index in [1.54, 1.807) is 11.3 Å². The summed E-state index contributed by atoms with van der Waals surface area (Å²) in [5.41, 5.74) is 0.917. The molecule has 1 aliphatic rings. The number of Topliss-reactive ketones (excluding diaryl/α,β-unsaturated/α-hetero) is 1. The molecule has 0 spiro atoms. The predicted molar refractivity (Wildman–Crippen MR) is 70.8 cm³/mol. The molecule has 3 nitrogen and oxygen atoms in total. The summed E-state index contributed by atoms with van der Waals surface area (Å²) in [5, 5.41) is 3.19. The lowest BCUT2D eigenvalue weighted by atomic mass is 9.89. The summed E-state index contributed by atoms with van der Waals surface area (Å²) in [5.74, 6) is 2.59. The summed E-state index contributed by atoms with van der Waals surface area (Å²) < 4.78 is 5.58. The molecule has 18 heavy (non-hydrogen) atoms. The Labute approximate surface area is 110 Å². The molecule has 0 aromatic carbocycles. The van der Waals surface area contributed by atoms with Crippen LogP contribution in [-0.4, -0.2) is 10.8 Å². The summed E-state index contributed by atoms with van der Waals surface area (Å²) in [7, 11) is 0. The van der Waals surface area contributed by atoms with Crippen molar-refractivity contribution in [3.8, 4) is 11.5 Å². The van der Waals surface area contributed by atoms with Gasteiger partial charge in [0.1, 0.15) is 17.2 Å². The molecule has 1 fully saturated rings. The van der Waals surface area contributed by atoms with Crippen LogP contribution in [0.4, 0.5) is 0 Å².